The molecule has 0 spiro atoms. The second kappa shape index (κ2) is 11.2. The van der Waals surface area contributed by atoms with Crippen LogP contribution in [0.15, 0.2) is 42.5 Å². The molecule has 0 fully saturated rings. The van der Waals surface area contributed by atoms with Crippen molar-refractivity contribution in [3.8, 4) is 17.2 Å². The van der Waals surface area contributed by atoms with Gasteiger partial charge in [-0.25, -0.2) is 0 Å². The molecule has 0 unspecified atom stereocenters. The molecule has 168 valence electrons. The molecule has 7 heteroatoms. The molecule has 0 aliphatic rings. The number of amides is 1. The van der Waals surface area contributed by atoms with E-state index in [2.05, 4.69) is 5.32 Å². The Labute approximate surface area is 184 Å². The lowest BCUT2D eigenvalue weighted by Crippen LogP contribution is -2.40. The third-order valence-corrected chi connectivity index (χ3v) is 4.39. The number of hydrogen-bond donors (Lipinski definition) is 3. The quantitative estimate of drug-likeness (QED) is 0.284. The van der Waals surface area contributed by atoms with E-state index in [9.17, 15) is 4.79 Å². The summed E-state index contributed by atoms with van der Waals surface area (Å²) in [5.41, 5.74) is 6.35. The van der Waals surface area contributed by atoms with Crippen LogP contribution >= 0.6 is 0 Å². The average Bonchev–Trinajstić information content (AvgIpc) is 2.72. The Hall–Kier alpha value is -3.22. The first-order valence-electron chi connectivity index (χ1n) is 10.4. The van der Waals surface area contributed by atoms with Crippen LogP contribution in [0.4, 0.5) is 0 Å². The molecule has 7 nitrogen and oxygen atoms in total. The van der Waals surface area contributed by atoms with Crippen molar-refractivity contribution in [1.29, 1.82) is 5.41 Å². The van der Waals surface area contributed by atoms with Crippen molar-refractivity contribution < 1.29 is 19.0 Å². The largest absolute Gasteiger partial charge is 0.494 e. The summed E-state index contributed by atoms with van der Waals surface area (Å²) >= 11 is 0. The molecular formula is C24H33N3O4. The molecule has 1 amide bonds. The number of rotatable bonds is 11. The van der Waals surface area contributed by atoms with E-state index in [0.717, 1.165) is 25.0 Å². The molecule has 0 bridgehead atoms. The van der Waals surface area contributed by atoms with E-state index < -0.39 is 0 Å². The fourth-order valence-electron chi connectivity index (χ4n) is 2.82. The SMILES string of the molecule is COc1cc(C(=O)NC(C)(C)C)ccc1OCCCCCOc1ccc(C(=N)N)cc1. The fraction of sp³-hybridized carbons (Fsp3) is 0.417. The highest BCUT2D eigenvalue weighted by atomic mass is 16.5. The van der Waals surface area contributed by atoms with Gasteiger partial charge >= 0.3 is 0 Å². The normalized spacial score (nSPS) is 11.0. The number of unbranched alkanes of at least 4 members (excludes halogenated alkanes) is 2. The molecule has 0 saturated carbocycles. The van der Waals surface area contributed by atoms with E-state index in [1.54, 1.807) is 37.4 Å². The molecule has 0 aromatic heterocycles. The van der Waals surface area contributed by atoms with Crippen molar-refractivity contribution in [2.75, 3.05) is 20.3 Å². The topological polar surface area (TPSA) is 107 Å². The average molecular weight is 428 g/mol. The zero-order valence-corrected chi connectivity index (χ0v) is 18.8. The number of nitrogen functional groups attached to an aromatic ring is 1. The van der Waals surface area contributed by atoms with Crippen LogP contribution in [0.2, 0.25) is 0 Å². The van der Waals surface area contributed by atoms with Gasteiger partial charge in [0.05, 0.1) is 20.3 Å². The maximum absolute atomic E-state index is 12.3. The number of nitrogens with two attached hydrogens (primary N) is 1. The van der Waals surface area contributed by atoms with Crippen LogP contribution in [-0.4, -0.2) is 37.6 Å². The number of carbonyl (C=O) groups excluding carboxylic acids is 1. The Balaban J connectivity index is 1.71. The third-order valence-electron chi connectivity index (χ3n) is 4.39. The molecule has 2 aromatic rings. The monoisotopic (exact) mass is 427 g/mol. The lowest BCUT2D eigenvalue weighted by molar-refractivity contribution is 0.0919. The second-order valence-electron chi connectivity index (χ2n) is 8.27. The maximum atomic E-state index is 12.3. The summed E-state index contributed by atoms with van der Waals surface area (Å²) in [6.45, 7) is 6.98. The molecule has 0 aliphatic heterocycles. The summed E-state index contributed by atoms with van der Waals surface area (Å²) in [5, 5.41) is 10.3. The zero-order valence-electron chi connectivity index (χ0n) is 18.8. The smallest absolute Gasteiger partial charge is 0.251 e. The molecule has 0 atom stereocenters. The van der Waals surface area contributed by atoms with E-state index in [4.69, 9.17) is 25.4 Å². The Kier molecular flexibility index (Phi) is 8.73. The van der Waals surface area contributed by atoms with Crippen LogP contribution in [0.1, 0.15) is 56.0 Å². The van der Waals surface area contributed by atoms with Gasteiger partial charge in [-0.15, -0.1) is 0 Å². The molecule has 2 aromatic carbocycles. The highest BCUT2D eigenvalue weighted by molar-refractivity contribution is 5.95. The summed E-state index contributed by atoms with van der Waals surface area (Å²) in [6.07, 6.45) is 2.74. The van der Waals surface area contributed by atoms with E-state index in [-0.39, 0.29) is 17.3 Å². The Morgan fingerprint density at radius 2 is 1.55 bits per heavy atom. The van der Waals surface area contributed by atoms with E-state index >= 15 is 0 Å². The van der Waals surface area contributed by atoms with Crippen molar-refractivity contribution >= 4 is 11.7 Å². The number of ether oxygens (including phenoxy) is 3. The van der Waals surface area contributed by atoms with Gasteiger partial charge in [-0.3, -0.25) is 10.2 Å². The van der Waals surface area contributed by atoms with Gasteiger partial charge in [0.2, 0.25) is 0 Å². The van der Waals surface area contributed by atoms with Gasteiger partial charge in [0.15, 0.2) is 11.5 Å². The third kappa shape index (κ3) is 8.20. The number of amidine groups is 1. The highest BCUT2D eigenvalue weighted by Gasteiger charge is 2.17. The van der Waals surface area contributed by atoms with Crippen molar-refractivity contribution in [2.45, 2.75) is 45.6 Å². The van der Waals surface area contributed by atoms with Crippen molar-refractivity contribution in [1.82, 2.24) is 5.32 Å². The van der Waals surface area contributed by atoms with Crippen LogP contribution < -0.4 is 25.3 Å². The van der Waals surface area contributed by atoms with E-state index in [0.29, 0.717) is 35.8 Å². The minimum atomic E-state index is -0.304. The van der Waals surface area contributed by atoms with Gasteiger partial charge in [-0.2, -0.15) is 0 Å². The van der Waals surface area contributed by atoms with Gasteiger partial charge in [-0.1, -0.05) is 0 Å². The summed E-state index contributed by atoms with van der Waals surface area (Å²) in [5.74, 6) is 1.83. The summed E-state index contributed by atoms with van der Waals surface area (Å²) in [6, 6.07) is 12.4. The van der Waals surface area contributed by atoms with Crippen molar-refractivity contribution in [3.05, 3.63) is 53.6 Å². The summed E-state index contributed by atoms with van der Waals surface area (Å²) in [4.78, 5) is 12.3. The Bertz CT molecular complexity index is 873. The first-order chi connectivity index (χ1) is 14.7. The number of methoxy groups -OCH3 is 1. The maximum Gasteiger partial charge on any atom is 0.251 e. The van der Waals surface area contributed by atoms with Crippen LogP contribution in [0.5, 0.6) is 17.2 Å². The second-order valence-corrected chi connectivity index (χ2v) is 8.27. The number of nitrogens with one attached hydrogen (secondary N) is 2. The molecule has 4 N–H and O–H groups in total. The van der Waals surface area contributed by atoms with E-state index in [1.807, 2.05) is 32.9 Å². The summed E-state index contributed by atoms with van der Waals surface area (Å²) in [7, 11) is 1.56. The van der Waals surface area contributed by atoms with Crippen LogP contribution in [0.25, 0.3) is 0 Å². The molecule has 0 saturated heterocycles. The van der Waals surface area contributed by atoms with Crippen LogP contribution in [0.3, 0.4) is 0 Å². The van der Waals surface area contributed by atoms with E-state index in [1.165, 1.54) is 0 Å². The van der Waals surface area contributed by atoms with Gasteiger partial charge in [-0.05, 0) is 82.5 Å². The fourth-order valence-corrected chi connectivity index (χ4v) is 2.82. The molecular weight excluding hydrogens is 394 g/mol. The van der Waals surface area contributed by atoms with Crippen LogP contribution in [0, 0.1) is 5.41 Å². The lowest BCUT2D eigenvalue weighted by atomic mass is 10.1. The minimum absolute atomic E-state index is 0.0472. The number of benzene rings is 2. The molecule has 0 radical (unpaired) electrons. The van der Waals surface area contributed by atoms with Crippen molar-refractivity contribution in [2.24, 2.45) is 5.73 Å². The van der Waals surface area contributed by atoms with Gasteiger partial charge < -0.3 is 25.3 Å². The van der Waals surface area contributed by atoms with Gasteiger partial charge in [0.25, 0.3) is 5.91 Å². The molecule has 0 aliphatic carbocycles. The minimum Gasteiger partial charge on any atom is -0.494 e. The predicted octanol–water partition coefficient (Wildman–Crippen LogP) is 4.14. The lowest BCUT2D eigenvalue weighted by Gasteiger charge is -2.21. The highest BCUT2D eigenvalue weighted by Crippen LogP contribution is 2.28. The Morgan fingerprint density at radius 1 is 0.935 bits per heavy atom. The first-order valence-corrected chi connectivity index (χ1v) is 10.4. The number of carbonyl (C=O) groups is 1. The standard InChI is InChI=1S/C24H33N3O4/c1-24(2,3)27-23(28)18-10-13-20(21(16-18)29-4)31-15-7-5-6-14-30-19-11-8-17(9-12-19)22(25)26/h8-13,16H,5-7,14-15H2,1-4H3,(H3,25,26)(H,27,28). The van der Waals surface area contributed by atoms with Crippen LogP contribution in [-0.2, 0) is 0 Å². The van der Waals surface area contributed by atoms with Gasteiger partial charge in [0.1, 0.15) is 11.6 Å². The predicted molar refractivity (Wildman–Crippen MR) is 123 cm³/mol. The molecule has 0 heterocycles. The van der Waals surface area contributed by atoms with Crippen molar-refractivity contribution in [3.63, 3.8) is 0 Å². The molecule has 2 rings (SSSR count). The Morgan fingerprint density at radius 3 is 2.13 bits per heavy atom. The molecule has 31 heavy (non-hydrogen) atoms. The first kappa shape index (κ1) is 24.1. The summed E-state index contributed by atoms with van der Waals surface area (Å²) < 4.78 is 16.9. The van der Waals surface area contributed by atoms with Gasteiger partial charge in [0, 0.05) is 16.7 Å². The zero-order chi connectivity index (χ0) is 22.9. The number of hydrogen-bond acceptors (Lipinski definition) is 5.